The Kier molecular flexibility index (Phi) is 4.41. The molecule has 0 saturated carbocycles. The highest BCUT2D eigenvalue weighted by Crippen LogP contribution is 2.11. The summed E-state index contributed by atoms with van der Waals surface area (Å²) in [7, 11) is 2.86. The van der Waals surface area contributed by atoms with Crippen LogP contribution in [0, 0.1) is 6.92 Å². The summed E-state index contributed by atoms with van der Waals surface area (Å²) in [5, 5.41) is 7.85. The van der Waals surface area contributed by atoms with E-state index >= 15 is 0 Å². The normalized spacial score (nSPS) is 10.6. The van der Waals surface area contributed by atoms with E-state index in [0.717, 1.165) is 11.1 Å². The van der Waals surface area contributed by atoms with E-state index in [-0.39, 0.29) is 12.3 Å². The van der Waals surface area contributed by atoms with E-state index in [1.54, 1.807) is 24.2 Å². The van der Waals surface area contributed by atoms with Crippen LogP contribution in [0.5, 0.6) is 0 Å². The molecule has 0 fully saturated rings. The fraction of sp³-hybridized carbons (Fsp3) is 0.385. The third-order valence-electron chi connectivity index (χ3n) is 2.76. The lowest BCUT2D eigenvalue weighted by molar-refractivity contribution is 0.0588. The lowest BCUT2D eigenvalue weighted by atomic mass is 10.2. The summed E-state index contributed by atoms with van der Waals surface area (Å²) in [4.78, 5) is 15.8. The molecule has 2 heterocycles. The quantitative estimate of drug-likeness (QED) is 0.757. The molecule has 0 atom stereocenters. The van der Waals surface area contributed by atoms with Gasteiger partial charge in [0, 0.05) is 19.5 Å². The summed E-state index contributed by atoms with van der Waals surface area (Å²) < 4.78 is 11.4. The Morgan fingerprint density at radius 3 is 2.80 bits per heavy atom. The van der Waals surface area contributed by atoms with E-state index in [2.05, 4.69) is 20.0 Å². The van der Waals surface area contributed by atoms with Crippen molar-refractivity contribution in [3.63, 3.8) is 0 Å². The van der Waals surface area contributed by atoms with Crippen LogP contribution in [0.2, 0.25) is 0 Å². The largest absolute Gasteiger partial charge is 0.464 e. The highest BCUT2D eigenvalue weighted by Gasteiger charge is 2.20. The number of methoxy groups -OCH3 is 2. The summed E-state index contributed by atoms with van der Waals surface area (Å²) in [6.45, 7) is 2.67. The summed E-state index contributed by atoms with van der Waals surface area (Å²) in [5.74, 6) is -0.523. The number of hydrogen-bond acceptors (Lipinski definition) is 6. The second-order valence-electron chi connectivity index (χ2n) is 4.34. The third-order valence-corrected chi connectivity index (χ3v) is 2.76. The molecule has 0 aliphatic rings. The first kappa shape index (κ1) is 14.1. The predicted octanol–water partition coefficient (Wildman–Crippen LogP) is 0.963. The number of esters is 1. The standard InChI is InChI=1S/C13H16N4O3/c1-9-4-10(6-14-5-9)7-17-11(8-19-2)12(15-16-17)13(18)20-3/h4-6H,7-8H2,1-3H3. The second kappa shape index (κ2) is 6.25. The zero-order valence-corrected chi connectivity index (χ0v) is 11.7. The number of nitrogens with zero attached hydrogens (tertiary/aromatic N) is 4. The number of aryl methyl sites for hydroxylation is 1. The summed E-state index contributed by atoms with van der Waals surface area (Å²) in [6, 6.07) is 2.00. The van der Waals surface area contributed by atoms with E-state index in [0.29, 0.717) is 12.2 Å². The van der Waals surface area contributed by atoms with E-state index in [9.17, 15) is 4.79 Å². The minimum Gasteiger partial charge on any atom is -0.464 e. The van der Waals surface area contributed by atoms with Crippen molar-refractivity contribution in [1.82, 2.24) is 20.0 Å². The Bertz CT molecular complexity index is 609. The minimum absolute atomic E-state index is 0.176. The van der Waals surface area contributed by atoms with Gasteiger partial charge < -0.3 is 9.47 Å². The van der Waals surface area contributed by atoms with Crippen molar-refractivity contribution >= 4 is 5.97 Å². The molecule has 2 rings (SSSR count). The lowest BCUT2D eigenvalue weighted by Gasteiger charge is -2.07. The Hall–Kier alpha value is -2.28. The molecule has 20 heavy (non-hydrogen) atoms. The average Bonchev–Trinajstić information content (AvgIpc) is 2.82. The molecular formula is C13H16N4O3. The second-order valence-corrected chi connectivity index (χ2v) is 4.34. The van der Waals surface area contributed by atoms with Crippen LogP contribution >= 0.6 is 0 Å². The molecule has 0 radical (unpaired) electrons. The lowest BCUT2D eigenvalue weighted by Crippen LogP contribution is -2.11. The summed E-state index contributed by atoms with van der Waals surface area (Å²) >= 11 is 0. The van der Waals surface area contributed by atoms with Crippen LogP contribution in [0.15, 0.2) is 18.5 Å². The van der Waals surface area contributed by atoms with Crippen molar-refractivity contribution in [3.05, 3.63) is 41.0 Å². The monoisotopic (exact) mass is 276 g/mol. The molecular weight excluding hydrogens is 260 g/mol. The number of rotatable bonds is 5. The molecule has 0 bridgehead atoms. The van der Waals surface area contributed by atoms with Crippen molar-refractivity contribution in [1.29, 1.82) is 0 Å². The molecule has 0 aromatic carbocycles. The maximum Gasteiger partial charge on any atom is 0.360 e. The van der Waals surface area contributed by atoms with Crippen molar-refractivity contribution in [3.8, 4) is 0 Å². The van der Waals surface area contributed by atoms with Gasteiger partial charge in [0.2, 0.25) is 0 Å². The topological polar surface area (TPSA) is 79.1 Å². The van der Waals surface area contributed by atoms with Crippen LogP contribution < -0.4 is 0 Å². The van der Waals surface area contributed by atoms with Gasteiger partial charge in [-0.2, -0.15) is 0 Å². The number of aromatic nitrogens is 4. The average molecular weight is 276 g/mol. The van der Waals surface area contributed by atoms with Crippen molar-refractivity contribution in [2.75, 3.05) is 14.2 Å². The molecule has 0 spiro atoms. The van der Waals surface area contributed by atoms with Crippen LogP contribution in [0.3, 0.4) is 0 Å². The molecule has 0 amide bonds. The van der Waals surface area contributed by atoms with Gasteiger partial charge in [-0.3, -0.25) is 4.98 Å². The molecule has 2 aromatic heterocycles. The van der Waals surface area contributed by atoms with Crippen LogP contribution in [-0.4, -0.2) is 40.2 Å². The molecule has 7 heteroatoms. The van der Waals surface area contributed by atoms with Gasteiger partial charge in [0.1, 0.15) is 0 Å². The summed E-state index contributed by atoms with van der Waals surface area (Å²) in [5.41, 5.74) is 2.79. The Balaban J connectivity index is 2.31. The first-order chi connectivity index (χ1) is 9.65. The zero-order chi connectivity index (χ0) is 14.5. The number of pyridine rings is 1. The zero-order valence-electron chi connectivity index (χ0n) is 11.7. The maximum atomic E-state index is 11.6. The molecule has 0 N–H and O–H groups in total. The van der Waals surface area contributed by atoms with Gasteiger partial charge in [-0.05, 0) is 18.1 Å². The van der Waals surface area contributed by atoms with Crippen LogP contribution in [0.25, 0.3) is 0 Å². The number of ether oxygens (including phenoxy) is 2. The Labute approximate surface area is 116 Å². The molecule has 2 aromatic rings. The maximum absolute atomic E-state index is 11.6. The molecule has 0 saturated heterocycles. The first-order valence-corrected chi connectivity index (χ1v) is 6.06. The van der Waals surface area contributed by atoms with Crippen LogP contribution in [0.4, 0.5) is 0 Å². The van der Waals surface area contributed by atoms with E-state index in [1.165, 1.54) is 7.11 Å². The van der Waals surface area contributed by atoms with Crippen molar-refractivity contribution in [2.45, 2.75) is 20.1 Å². The fourth-order valence-electron chi connectivity index (χ4n) is 1.87. The van der Waals surface area contributed by atoms with Gasteiger partial charge in [-0.25, -0.2) is 9.48 Å². The third kappa shape index (κ3) is 3.00. The van der Waals surface area contributed by atoms with Gasteiger partial charge in [-0.15, -0.1) is 5.10 Å². The fourth-order valence-corrected chi connectivity index (χ4v) is 1.87. The van der Waals surface area contributed by atoms with Crippen LogP contribution in [0.1, 0.15) is 27.3 Å². The van der Waals surface area contributed by atoms with Gasteiger partial charge in [0.05, 0.1) is 26.0 Å². The van der Waals surface area contributed by atoms with E-state index in [4.69, 9.17) is 4.74 Å². The van der Waals surface area contributed by atoms with Gasteiger partial charge in [0.15, 0.2) is 5.69 Å². The van der Waals surface area contributed by atoms with E-state index in [1.807, 2.05) is 13.0 Å². The predicted molar refractivity (Wildman–Crippen MR) is 70.2 cm³/mol. The number of carbonyl (C=O) groups is 1. The van der Waals surface area contributed by atoms with Gasteiger partial charge >= 0.3 is 5.97 Å². The van der Waals surface area contributed by atoms with Crippen molar-refractivity contribution in [2.24, 2.45) is 0 Å². The van der Waals surface area contributed by atoms with Gasteiger partial charge in [-0.1, -0.05) is 11.3 Å². The van der Waals surface area contributed by atoms with E-state index < -0.39 is 5.97 Å². The summed E-state index contributed by atoms with van der Waals surface area (Å²) in [6.07, 6.45) is 3.53. The molecule has 0 aliphatic heterocycles. The van der Waals surface area contributed by atoms with Crippen LogP contribution in [-0.2, 0) is 22.6 Å². The smallest absolute Gasteiger partial charge is 0.360 e. The molecule has 106 valence electrons. The number of hydrogen-bond donors (Lipinski definition) is 0. The first-order valence-electron chi connectivity index (χ1n) is 6.06. The highest BCUT2D eigenvalue weighted by atomic mass is 16.5. The molecule has 0 unspecified atom stereocenters. The van der Waals surface area contributed by atoms with Crippen molar-refractivity contribution < 1.29 is 14.3 Å². The highest BCUT2D eigenvalue weighted by molar-refractivity contribution is 5.88. The molecule has 7 nitrogen and oxygen atoms in total. The SMILES string of the molecule is COCc1c(C(=O)OC)nnn1Cc1cncc(C)c1. The number of carbonyl (C=O) groups excluding carboxylic acids is 1. The Morgan fingerprint density at radius 2 is 2.15 bits per heavy atom. The van der Waals surface area contributed by atoms with Gasteiger partial charge in [0.25, 0.3) is 0 Å². The minimum atomic E-state index is -0.523. The molecule has 0 aliphatic carbocycles. The Morgan fingerprint density at radius 1 is 1.35 bits per heavy atom.